The number of carbonyl (C=O) groups excluding carboxylic acids is 2. The minimum atomic E-state index is -0.493. The molecule has 0 unspecified atom stereocenters. The predicted molar refractivity (Wildman–Crippen MR) is 40.7 cm³/mol. The van der Waals surface area contributed by atoms with Gasteiger partial charge in [-0.3, -0.25) is 20.0 Å². The van der Waals surface area contributed by atoms with Crippen LogP contribution in [0.1, 0.15) is 16.1 Å². The van der Waals surface area contributed by atoms with Gasteiger partial charge in [0, 0.05) is 11.8 Å². The zero-order valence-electron chi connectivity index (χ0n) is 6.07. The van der Waals surface area contributed by atoms with E-state index in [1.165, 1.54) is 18.3 Å². The molecule has 1 aromatic heterocycles. The second-order valence-electron chi connectivity index (χ2n) is 2.01. The van der Waals surface area contributed by atoms with Crippen LogP contribution in [0.4, 0.5) is 0 Å². The molecule has 12 heavy (non-hydrogen) atoms. The molecule has 0 spiro atoms. The fourth-order valence-corrected chi connectivity index (χ4v) is 0.662. The molecular weight excluding hydrogens is 158 g/mol. The van der Waals surface area contributed by atoms with Gasteiger partial charge in [-0.2, -0.15) is 0 Å². The van der Waals surface area contributed by atoms with Gasteiger partial charge in [-0.15, -0.1) is 0 Å². The molecule has 5 nitrogen and oxygen atoms in total. The maximum Gasteiger partial charge on any atom is 0.283 e. The number of carbonyl (C=O) groups is 1. The highest BCUT2D eigenvalue weighted by atomic mass is 16.2. The van der Waals surface area contributed by atoms with Crippen LogP contribution in [0.15, 0.2) is 18.3 Å². The van der Waals surface area contributed by atoms with Crippen LogP contribution in [0.3, 0.4) is 0 Å². The minimum Gasteiger partial charge on any atom is -0.289 e. The first kappa shape index (κ1) is 8.35. The lowest BCUT2D eigenvalue weighted by molar-refractivity contribution is 0.0948. The average molecular weight is 164 g/mol. The third kappa shape index (κ3) is 1.64. The molecule has 0 aliphatic heterocycles. The van der Waals surface area contributed by atoms with Crippen LogP contribution in [0, 0.1) is 0 Å². The van der Waals surface area contributed by atoms with Crippen LogP contribution >= 0.6 is 0 Å². The third-order valence-corrected chi connectivity index (χ3v) is 1.25. The van der Waals surface area contributed by atoms with Crippen molar-refractivity contribution < 1.29 is 9.59 Å². The lowest BCUT2D eigenvalue weighted by Gasteiger charge is -1.96. The van der Waals surface area contributed by atoms with Crippen LogP contribution < -0.4 is 11.3 Å². The highest BCUT2D eigenvalue weighted by Gasteiger charge is 2.03. The zero-order chi connectivity index (χ0) is 8.97. The van der Waals surface area contributed by atoms with Crippen molar-refractivity contribution in [2.75, 3.05) is 0 Å². The van der Waals surface area contributed by atoms with Crippen molar-refractivity contribution in [1.82, 2.24) is 10.4 Å². The van der Waals surface area contributed by atoms with Gasteiger partial charge in [0.25, 0.3) is 5.91 Å². The number of pyridine rings is 1. The number of nitrogens with one attached hydrogen (secondary N) is 1. The van der Waals surface area contributed by atoms with Gasteiger partial charge in [0.05, 0.1) is 0 Å². The number of hydrogen-bond donors (Lipinski definition) is 2. The molecule has 0 aromatic carbocycles. The number of hydrogen-bond acceptors (Lipinski definition) is 4. The van der Waals surface area contributed by atoms with Gasteiger partial charge in [0.2, 0.25) is 6.29 Å². The SMILES string of the molecule is NNC(=O)c1ccc([C]=O)cn1. The molecule has 1 radical (unpaired) electrons. The lowest BCUT2D eigenvalue weighted by atomic mass is 10.2. The Kier molecular flexibility index (Phi) is 2.49. The van der Waals surface area contributed by atoms with Gasteiger partial charge in [0.15, 0.2) is 0 Å². The third-order valence-electron chi connectivity index (χ3n) is 1.25. The molecule has 0 aliphatic rings. The van der Waals surface area contributed by atoms with Crippen molar-refractivity contribution in [2.24, 2.45) is 5.84 Å². The monoisotopic (exact) mass is 164 g/mol. The van der Waals surface area contributed by atoms with Crippen molar-refractivity contribution in [3.8, 4) is 0 Å². The van der Waals surface area contributed by atoms with Gasteiger partial charge in [-0.25, -0.2) is 5.84 Å². The summed E-state index contributed by atoms with van der Waals surface area (Å²) in [6.45, 7) is 0. The van der Waals surface area contributed by atoms with E-state index in [0.29, 0.717) is 5.56 Å². The molecule has 0 aliphatic carbocycles. The van der Waals surface area contributed by atoms with Gasteiger partial charge in [-0.1, -0.05) is 0 Å². The summed E-state index contributed by atoms with van der Waals surface area (Å²) in [7, 11) is 0. The molecule has 5 heteroatoms. The molecule has 1 aromatic rings. The Morgan fingerprint density at radius 2 is 2.33 bits per heavy atom. The maximum absolute atomic E-state index is 10.8. The number of nitrogen functional groups attached to an aromatic ring is 1. The van der Waals surface area contributed by atoms with E-state index < -0.39 is 5.91 Å². The molecule has 0 atom stereocenters. The summed E-state index contributed by atoms with van der Waals surface area (Å²) in [4.78, 5) is 24.5. The molecule has 1 amide bonds. The fraction of sp³-hybridized carbons (Fsp3) is 0. The average Bonchev–Trinajstić information content (AvgIpc) is 2.17. The highest BCUT2D eigenvalue weighted by Crippen LogP contribution is 1.96. The molecule has 0 saturated carbocycles. The lowest BCUT2D eigenvalue weighted by Crippen LogP contribution is -2.30. The number of nitrogens with two attached hydrogens (primary N) is 1. The summed E-state index contributed by atoms with van der Waals surface area (Å²) in [5.41, 5.74) is 2.38. The van der Waals surface area contributed by atoms with E-state index >= 15 is 0 Å². The van der Waals surface area contributed by atoms with Crippen molar-refractivity contribution in [3.63, 3.8) is 0 Å². The summed E-state index contributed by atoms with van der Waals surface area (Å²) >= 11 is 0. The van der Waals surface area contributed by atoms with E-state index in [9.17, 15) is 9.59 Å². The quantitative estimate of drug-likeness (QED) is 0.338. The number of aromatic nitrogens is 1. The number of hydrazine groups is 1. The van der Waals surface area contributed by atoms with E-state index in [2.05, 4.69) is 4.98 Å². The smallest absolute Gasteiger partial charge is 0.283 e. The molecule has 0 saturated heterocycles. The molecule has 0 fully saturated rings. The predicted octanol–water partition coefficient (Wildman–Crippen LogP) is -0.857. The normalized spacial score (nSPS) is 9.08. The largest absolute Gasteiger partial charge is 0.289 e. The summed E-state index contributed by atoms with van der Waals surface area (Å²) in [6.07, 6.45) is 2.88. The Bertz CT molecular complexity index is 294. The Labute approximate surface area is 68.6 Å². The minimum absolute atomic E-state index is 0.163. The maximum atomic E-state index is 10.8. The Balaban J connectivity index is 2.91. The number of nitrogens with zero attached hydrogens (tertiary/aromatic N) is 1. The summed E-state index contributed by atoms with van der Waals surface area (Å²) < 4.78 is 0. The van der Waals surface area contributed by atoms with Gasteiger partial charge in [0.1, 0.15) is 5.69 Å². The van der Waals surface area contributed by atoms with E-state index in [0.717, 1.165) is 0 Å². The van der Waals surface area contributed by atoms with E-state index in [-0.39, 0.29) is 5.69 Å². The van der Waals surface area contributed by atoms with Crippen LogP contribution in [-0.2, 0) is 4.79 Å². The fourth-order valence-electron chi connectivity index (χ4n) is 0.662. The van der Waals surface area contributed by atoms with Gasteiger partial charge in [-0.05, 0) is 12.1 Å². The van der Waals surface area contributed by atoms with E-state index in [4.69, 9.17) is 5.84 Å². The van der Waals surface area contributed by atoms with Crippen LogP contribution in [0.25, 0.3) is 0 Å². The molecule has 61 valence electrons. The standard InChI is InChI=1S/C7H6N3O2/c8-10-7(12)6-2-1-5(4-11)3-9-6/h1-3H,8H2,(H,10,12). The van der Waals surface area contributed by atoms with Crippen molar-refractivity contribution in [2.45, 2.75) is 0 Å². The first-order valence-corrected chi connectivity index (χ1v) is 3.13. The molecular formula is C7H6N3O2. The molecule has 3 N–H and O–H groups in total. The van der Waals surface area contributed by atoms with Gasteiger partial charge < -0.3 is 0 Å². The first-order chi connectivity index (χ1) is 5.77. The summed E-state index contributed by atoms with van der Waals surface area (Å²) in [5, 5.41) is 0. The highest BCUT2D eigenvalue weighted by molar-refractivity contribution is 5.92. The van der Waals surface area contributed by atoms with Crippen LogP contribution in [-0.4, -0.2) is 17.2 Å². The van der Waals surface area contributed by atoms with Crippen LogP contribution in [0.5, 0.6) is 0 Å². The number of rotatable bonds is 2. The Morgan fingerprint density at radius 1 is 1.58 bits per heavy atom. The summed E-state index contributed by atoms with van der Waals surface area (Å²) in [5.74, 6) is 4.36. The molecule has 0 bridgehead atoms. The van der Waals surface area contributed by atoms with E-state index in [1.54, 1.807) is 6.29 Å². The Morgan fingerprint density at radius 3 is 2.75 bits per heavy atom. The van der Waals surface area contributed by atoms with Crippen molar-refractivity contribution in [3.05, 3.63) is 29.6 Å². The van der Waals surface area contributed by atoms with Crippen molar-refractivity contribution in [1.29, 1.82) is 0 Å². The van der Waals surface area contributed by atoms with Crippen molar-refractivity contribution >= 4 is 12.2 Å². The zero-order valence-corrected chi connectivity index (χ0v) is 6.07. The second-order valence-corrected chi connectivity index (χ2v) is 2.01. The topological polar surface area (TPSA) is 85.1 Å². The van der Waals surface area contributed by atoms with Gasteiger partial charge >= 0.3 is 0 Å². The molecule has 1 rings (SSSR count). The summed E-state index contributed by atoms with van der Waals surface area (Å²) in [6, 6.07) is 2.83. The first-order valence-electron chi connectivity index (χ1n) is 3.13. The second kappa shape index (κ2) is 3.59. The van der Waals surface area contributed by atoms with E-state index in [1.807, 2.05) is 5.43 Å². The van der Waals surface area contributed by atoms with Crippen LogP contribution in [0.2, 0.25) is 0 Å². The molecule has 1 heterocycles. The number of amides is 1. The Hall–Kier alpha value is -1.75.